The Morgan fingerprint density at radius 1 is 1.34 bits per heavy atom. The van der Waals surface area contributed by atoms with Crippen LogP contribution in [0.4, 0.5) is 8.78 Å². The number of aromatic nitrogens is 1. The number of nitrogens with one attached hydrogen (secondary N) is 1. The number of aliphatic hydroxyl groups is 1. The number of fused-ring (bicyclic) bond motifs is 5. The number of carbonyl (C=O) groups excluding carboxylic acids is 2. The molecule has 4 heterocycles. The Balaban J connectivity index is 1.61. The van der Waals surface area contributed by atoms with Crippen LogP contribution in [0.3, 0.4) is 0 Å². The molecule has 2 bridgehead atoms. The van der Waals surface area contributed by atoms with E-state index in [0.29, 0.717) is 25.0 Å². The van der Waals surface area contributed by atoms with Crippen LogP contribution in [0.15, 0.2) is 28.3 Å². The van der Waals surface area contributed by atoms with Gasteiger partial charge >= 0.3 is 0 Å². The van der Waals surface area contributed by atoms with Gasteiger partial charge in [0.1, 0.15) is 28.3 Å². The number of pyridine rings is 1. The lowest BCUT2D eigenvalue weighted by Crippen LogP contribution is -2.56. The molecule has 3 aliphatic rings. The monoisotopic (exact) mass is 592 g/mol. The zero-order chi connectivity index (χ0) is 29.6. The molecule has 1 saturated heterocycles. The second-order valence-electron chi connectivity index (χ2n) is 10.7. The van der Waals surface area contributed by atoms with Gasteiger partial charge in [-0.15, -0.1) is 0 Å². The third-order valence-electron chi connectivity index (χ3n) is 8.17. The second kappa shape index (κ2) is 11.1. The number of carbonyl (C=O) groups is 2. The van der Waals surface area contributed by atoms with Gasteiger partial charge in [-0.05, 0) is 39.2 Å². The van der Waals surface area contributed by atoms with Crippen LogP contribution < -0.4 is 15.5 Å². The van der Waals surface area contributed by atoms with E-state index in [4.69, 9.17) is 21.2 Å². The van der Waals surface area contributed by atoms with E-state index in [-0.39, 0.29) is 48.3 Å². The summed E-state index contributed by atoms with van der Waals surface area (Å²) in [5.41, 5.74) is -2.16. The van der Waals surface area contributed by atoms with Gasteiger partial charge in [-0.3, -0.25) is 14.4 Å². The Labute approximate surface area is 239 Å². The molecular formula is C28H31ClF2N4O6. The highest BCUT2D eigenvalue weighted by atomic mass is 35.5. The molecule has 4 atom stereocenters. The Bertz CT molecular complexity index is 1500. The number of oxime groups is 1. The fraction of sp³-hybridized carbons (Fsp3) is 0.500. The van der Waals surface area contributed by atoms with Gasteiger partial charge in [0.05, 0.1) is 18.4 Å². The van der Waals surface area contributed by atoms with E-state index < -0.39 is 51.6 Å². The van der Waals surface area contributed by atoms with Gasteiger partial charge in [0, 0.05) is 30.9 Å². The number of unbranched alkanes of at least 4 members (excludes halogenated alkanes) is 1. The molecule has 220 valence electrons. The van der Waals surface area contributed by atoms with Crippen molar-refractivity contribution in [2.24, 2.45) is 5.16 Å². The van der Waals surface area contributed by atoms with Gasteiger partial charge in [-0.1, -0.05) is 36.2 Å². The summed E-state index contributed by atoms with van der Waals surface area (Å²) >= 11 is 5.66. The van der Waals surface area contributed by atoms with Crippen LogP contribution in [0.5, 0.6) is 5.75 Å². The summed E-state index contributed by atoms with van der Waals surface area (Å²) in [5.74, 6) is -3.55. The second-order valence-corrected chi connectivity index (χ2v) is 11.1. The summed E-state index contributed by atoms with van der Waals surface area (Å²) in [6.45, 7) is 5.36. The predicted molar refractivity (Wildman–Crippen MR) is 145 cm³/mol. The number of aliphatic hydroxyl groups excluding tert-OH is 1. The van der Waals surface area contributed by atoms with E-state index in [2.05, 4.69) is 10.5 Å². The van der Waals surface area contributed by atoms with Gasteiger partial charge in [0.15, 0.2) is 17.0 Å². The summed E-state index contributed by atoms with van der Waals surface area (Å²) < 4.78 is 35.4. The molecule has 10 nitrogen and oxygen atoms in total. The van der Waals surface area contributed by atoms with Crippen molar-refractivity contribution in [2.75, 3.05) is 13.2 Å². The smallest absolute Gasteiger partial charge is 0.274 e. The topological polar surface area (TPSA) is 122 Å². The molecule has 13 heteroatoms. The molecule has 2 amide bonds. The van der Waals surface area contributed by atoms with Crippen LogP contribution in [0.25, 0.3) is 0 Å². The number of benzene rings is 1. The summed E-state index contributed by atoms with van der Waals surface area (Å²) in [6, 6.07) is 1.17. The first-order chi connectivity index (χ1) is 19.5. The number of halogens is 3. The standard InChI is InChI=1S/C28H31ClF2N4O6/c1-4-5-10-40-24-22-27(39)34-13-19(28(9-8-14(34)2)25(37)15(3)33-41-28)35(22)12-17(23(24)36)26(38)32-11-16-6-7-18(30)20(29)21(16)31/h6-7,12,14,19,25,37H,4-5,8-11,13H2,1-3H3,(H,32,38)/t14-,19+,25-,28+/m0/s1. The lowest BCUT2D eigenvalue weighted by Gasteiger charge is -2.43. The molecule has 1 fully saturated rings. The zero-order valence-electron chi connectivity index (χ0n) is 22.9. The van der Waals surface area contributed by atoms with Crippen LogP contribution in [0.1, 0.15) is 78.9 Å². The molecule has 0 unspecified atom stereocenters. The van der Waals surface area contributed by atoms with Crippen molar-refractivity contribution in [2.45, 2.75) is 76.8 Å². The van der Waals surface area contributed by atoms with Crippen molar-refractivity contribution < 1.29 is 33.1 Å². The van der Waals surface area contributed by atoms with Gasteiger partial charge in [-0.25, -0.2) is 8.78 Å². The minimum Gasteiger partial charge on any atom is -0.487 e. The summed E-state index contributed by atoms with van der Waals surface area (Å²) in [5, 5.41) is 17.0. The number of rotatable bonds is 7. The third kappa shape index (κ3) is 4.76. The number of nitrogens with zero attached hydrogens (tertiary/aromatic N) is 3. The molecule has 1 aromatic carbocycles. The van der Waals surface area contributed by atoms with Crippen LogP contribution >= 0.6 is 11.6 Å². The maximum absolute atomic E-state index is 14.4. The molecule has 3 aliphatic heterocycles. The molecule has 1 aromatic heterocycles. The largest absolute Gasteiger partial charge is 0.487 e. The first kappa shape index (κ1) is 29.0. The summed E-state index contributed by atoms with van der Waals surface area (Å²) in [4.78, 5) is 48.4. The zero-order valence-corrected chi connectivity index (χ0v) is 23.6. The van der Waals surface area contributed by atoms with Gasteiger partial charge in [0.25, 0.3) is 11.8 Å². The van der Waals surface area contributed by atoms with Gasteiger partial charge in [0.2, 0.25) is 5.43 Å². The predicted octanol–water partition coefficient (Wildman–Crippen LogP) is 3.57. The molecule has 0 aliphatic carbocycles. The molecule has 0 radical (unpaired) electrons. The Hall–Kier alpha value is -3.51. The van der Waals surface area contributed by atoms with Crippen molar-refractivity contribution in [3.63, 3.8) is 0 Å². The number of hydrogen-bond acceptors (Lipinski definition) is 7. The Kier molecular flexibility index (Phi) is 7.82. The van der Waals surface area contributed by atoms with E-state index >= 15 is 0 Å². The minimum atomic E-state index is -1.25. The van der Waals surface area contributed by atoms with Gasteiger partial charge < -0.3 is 29.5 Å². The lowest BCUT2D eigenvalue weighted by molar-refractivity contribution is -0.114. The molecule has 2 aromatic rings. The van der Waals surface area contributed by atoms with E-state index in [1.165, 1.54) is 10.8 Å². The van der Waals surface area contributed by atoms with Crippen molar-refractivity contribution in [1.29, 1.82) is 0 Å². The highest BCUT2D eigenvalue weighted by Crippen LogP contribution is 2.46. The molecule has 5 rings (SSSR count). The maximum atomic E-state index is 14.4. The van der Waals surface area contributed by atoms with Crippen molar-refractivity contribution in [3.05, 3.63) is 62.0 Å². The molecule has 1 spiro atoms. The van der Waals surface area contributed by atoms with Crippen LogP contribution in [0, 0.1) is 11.6 Å². The first-order valence-electron chi connectivity index (χ1n) is 13.6. The summed E-state index contributed by atoms with van der Waals surface area (Å²) in [7, 11) is 0. The van der Waals surface area contributed by atoms with E-state index in [1.807, 2.05) is 13.8 Å². The van der Waals surface area contributed by atoms with Crippen molar-refractivity contribution >= 4 is 29.1 Å². The Morgan fingerprint density at radius 2 is 2.10 bits per heavy atom. The average molecular weight is 593 g/mol. The fourth-order valence-electron chi connectivity index (χ4n) is 5.71. The number of amides is 2. The molecule has 0 saturated carbocycles. The van der Waals surface area contributed by atoms with E-state index in [0.717, 1.165) is 18.6 Å². The first-order valence-corrected chi connectivity index (χ1v) is 13.9. The van der Waals surface area contributed by atoms with Gasteiger partial charge in [-0.2, -0.15) is 0 Å². The average Bonchev–Trinajstić information content (AvgIpc) is 3.16. The van der Waals surface area contributed by atoms with Crippen LogP contribution in [0.2, 0.25) is 5.02 Å². The SMILES string of the molecule is CCCCOc1c2n(cc(C(=O)NCc3ccc(F)c(Cl)c3F)c1=O)[C@@H]1CN(C2=O)[C@@H](C)CC[C@@]12ON=C(C)[C@@H]2O. The number of ether oxygens (including phenoxy) is 1. The fourth-order valence-corrected chi connectivity index (χ4v) is 5.89. The van der Waals surface area contributed by atoms with Crippen LogP contribution in [-0.4, -0.2) is 63.0 Å². The highest BCUT2D eigenvalue weighted by Gasteiger charge is 2.58. The van der Waals surface area contributed by atoms with E-state index in [9.17, 15) is 28.3 Å². The molecule has 2 N–H and O–H groups in total. The quantitative estimate of drug-likeness (QED) is 0.374. The highest BCUT2D eigenvalue weighted by molar-refractivity contribution is 6.31. The normalized spacial score (nSPS) is 25.0. The Morgan fingerprint density at radius 3 is 2.78 bits per heavy atom. The molecule has 41 heavy (non-hydrogen) atoms. The third-order valence-corrected chi connectivity index (χ3v) is 8.52. The summed E-state index contributed by atoms with van der Waals surface area (Å²) in [6.07, 6.45) is 2.38. The van der Waals surface area contributed by atoms with Crippen molar-refractivity contribution in [1.82, 2.24) is 14.8 Å². The lowest BCUT2D eigenvalue weighted by atomic mass is 9.82. The van der Waals surface area contributed by atoms with Crippen molar-refractivity contribution in [3.8, 4) is 5.75 Å². The molecular weight excluding hydrogens is 562 g/mol. The number of hydrogen-bond donors (Lipinski definition) is 2. The maximum Gasteiger partial charge on any atom is 0.274 e. The van der Waals surface area contributed by atoms with E-state index in [1.54, 1.807) is 11.8 Å². The minimum absolute atomic E-state index is 0.0382. The van der Waals surface area contributed by atoms with Crippen LogP contribution in [-0.2, 0) is 11.4 Å².